The third kappa shape index (κ3) is 15.6. The summed E-state index contributed by atoms with van der Waals surface area (Å²) >= 11 is 0. The zero-order valence-corrected chi connectivity index (χ0v) is 23.5. The van der Waals surface area contributed by atoms with Crippen molar-refractivity contribution in [3.8, 4) is 0 Å². The molecule has 1 aliphatic heterocycles. The van der Waals surface area contributed by atoms with Crippen molar-refractivity contribution in [3.05, 3.63) is 0 Å². The van der Waals surface area contributed by atoms with E-state index in [0.29, 0.717) is 5.75 Å². The summed E-state index contributed by atoms with van der Waals surface area (Å²) in [5, 5.41) is 0. The lowest BCUT2D eigenvalue weighted by Gasteiger charge is -2.35. The van der Waals surface area contributed by atoms with Gasteiger partial charge in [-0.25, -0.2) is 8.42 Å². The molecule has 0 aliphatic carbocycles. The molecule has 1 aliphatic rings. The van der Waals surface area contributed by atoms with Crippen LogP contribution in [0.2, 0.25) is 0 Å². The molecule has 1 rings (SSSR count). The Labute approximate surface area is 209 Å². The number of hydrogen-bond acceptors (Lipinski definition) is 4. The van der Waals surface area contributed by atoms with Crippen molar-refractivity contribution in [3.63, 3.8) is 0 Å². The fraction of sp³-hybridized carbons (Fsp3) is 0.958. The summed E-state index contributed by atoms with van der Waals surface area (Å²) in [5.41, 5.74) is 0. The van der Waals surface area contributed by atoms with E-state index in [1.165, 1.54) is 44.9 Å². The van der Waals surface area contributed by atoms with Crippen molar-refractivity contribution >= 4 is 15.8 Å². The molecule has 1 saturated heterocycles. The second kappa shape index (κ2) is 16.7. The Bertz CT molecular complexity index is 575. The number of carbonyl (C=O) groups is 1. The molecule has 1 fully saturated rings. The molecule has 0 saturated carbocycles. The number of quaternary nitrogens is 1. The molecule has 5 nitrogen and oxygen atoms in total. The van der Waals surface area contributed by atoms with Gasteiger partial charge in [-0.2, -0.15) is 0 Å². The lowest BCUT2D eigenvalue weighted by atomic mass is 9.87. The van der Waals surface area contributed by atoms with Crippen LogP contribution >= 0.6 is 0 Å². The highest BCUT2D eigenvalue weighted by molar-refractivity contribution is 7.91. The van der Waals surface area contributed by atoms with Gasteiger partial charge in [0.05, 0.1) is 45.1 Å². The minimum atomic E-state index is -2.94. The van der Waals surface area contributed by atoms with Crippen molar-refractivity contribution < 1.29 is 46.4 Å². The molecule has 0 N–H and O–H groups in total. The minimum Gasteiger partial charge on any atom is -1.00 e. The van der Waals surface area contributed by atoms with Gasteiger partial charge in [-0.05, 0) is 25.7 Å². The number of carbonyl (C=O) groups excluding carboxylic acids is 1. The molecule has 0 amide bonds. The van der Waals surface area contributed by atoms with E-state index in [0.717, 1.165) is 56.0 Å². The Balaban J connectivity index is 0.00000900. The number of esters is 1. The summed E-state index contributed by atoms with van der Waals surface area (Å²) < 4.78 is 30.4. The van der Waals surface area contributed by atoms with Crippen molar-refractivity contribution in [1.82, 2.24) is 0 Å². The highest BCUT2D eigenvalue weighted by atomic mass is 127. The summed E-state index contributed by atoms with van der Waals surface area (Å²) in [6, 6.07) is 0. The third-order valence-corrected chi connectivity index (χ3v) is 7.94. The number of nitrogens with zero attached hydrogens (tertiary/aromatic N) is 1. The van der Waals surface area contributed by atoms with Gasteiger partial charge in [-0.3, -0.25) is 4.79 Å². The molecule has 0 aromatic heterocycles. The first kappa shape index (κ1) is 31.1. The van der Waals surface area contributed by atoms with E-state index in [1.54, 1.807) is 0 Å². The van der Waals surface area contributed by atoms with Gasteiger partial charge in [-0.15, -0.1) is 0 Å². The third-order valence-electron chi connectivity index (χ3n) is 6.12. The quantitative estimate of drug-likeness (QED) is 0.103. The highest BCUT2D eigenvalue weighted by Crippen LogP contribution is 2.31. The molecule has 0 unspecified atom stereocenters. The summed E-state index contributed by atoms with van der Waals surface area (Å²) in [6.45, 7) is 3.12. The Hall–Kier alpha value is 0.110. The van der Waals surface area contributed by atoms with E-state index < -0.39 is 9.84 Å². The summed E-state index contributed by atoms with van der Waals surface area (Å²) in [4.78, 5) is 11.8. The summed E-state index contributed by atoms with van der Waals surface area (Å²) in [5.74, 6) is 0.645. The lowest BCUT2D eigenvalue weighted by Crippen LogP contribution is -3.00. The fourth-order valence-corrected chi connectivity index (χ4v) is 5.58. The van der Waals surface area contributed by atoms with Crippen molar-refractivity contribution in [2.45, 2.75) is 103 Å². The molecule has 31 heavy (non-hydrogen) atoms. The highest BCUT2D eigenvalue weighted by Gasteiger charge is 2.40. The largest absolute Gasteiger partial charge is 1.00 e. The van der Waals surface area contributed by atoms with Crippen LogP contribution in [0.25, 0.3) is 0 Å². The molecular weight excluding hydrogens is 525 g/mol. The number of unbranched alkanes of at least 4 members (excludes halogenated alkanes) is 9. The van der Waals surface area contributed by atoms with E-state index in [4.69, 9.17) is 4.74 Å². The number of rotatable bonds is 19. The van der Waals surface area contributed by atoms with Gasteiger partial charge in [0.1, 0.15) is 6.10 Å². The second-order valence-corrected chi connectivity index (χ2v) is 12.5. The topological polar surface area (TPSA) is 60.4 Å². The van der Waals surface area contributed by atoms with Crippen LogP contribution < -0.4 is 24.0 Å². The predicted molar refractivity (Wildman–Crippen MR) is 125 cm³/mol. The van der Waals surface area contributed by atoms with Gasteiger partial charge in [0.15, 0.2) is 9.84 Å². The van der Waals surface area contributed by atoms with Crippen molar-refractivity contribution in [2.24, 2.45) is 5.92 Å². The molecule has 0 bridgehead atoms. The van der Waals surface area contributed by atoms with E-state index in [1.807, 2.05) is 0 Å². The second-order valence-electron chi connectivity index (χ2n) is 10.2. The maximum atomic E-state index is 12.1. The number of cyclic esters (lactones) is 1. The Kier molecular flexibility index (Phi) is 16.7. The van der Waals surface area contributed by atoms with Gasteiger partial charge >= 0.3 is 5.97 Å². The molecule has 0 aromatic carbocycles. The summed E-state index contributed by atoms with van der Waals surface area (Å²) in [6.07, 6.45) is 15.5. The Morgan fingerprint density at radius 1 is 0.774 bits per heavy atom. The first-order chi connectivity index (χ1) is 14.1. The van der Waals surface area contributed by atoms with Gasteiger partial charge in [0.25, 0.3) is 0 Å². The van der Waals surface area contributed by atoms with Crippen LogP contribution in [-0.2, 0) is 19.4 Å². The average molecular weight is 574 g/mol. The molecular formula is C24H48INO4S. The zero-order chi connectivity index (χ0) is 22.5. The van der Waals surface area contributed by atoms with Crippen molar-refractivity contribution in [2.75, 3.05) is 39.2 Å². The standard InChI is InChI=1S/C24H48NO4S.HI/c1-5-6-7-8-9-10-11-13-17-22-23(29-24(22)26)18-14-12-15-20-30(27,28)21-16-19-25(2,3)4;/h22-23H,5-21H2,1-4H3;1H/q+1;/p-1/t22-,23-;/m1./s1. The fourth-order valence-electron chi connectivity index (χ4n) is 4.17. The maximum Gasteiger partial charge on any atom is 0.313 e. The molecule has 2 atom stereocenters. The number of hydrogen-bond donors (Lipinski definition) is 0. The maximum absolute atomic E-state index is 12.1. The normalized spacial score (nSPS) is 18.9. The Morgan fingerprint density at radius 2 is 1.29 bits per heavy atom. The van der Waals surface area contributed by atoms with Gasteiger partial charge < -0.3 is 33.2 Å². The first-order valence-electron chi connectivity index (χ1n) is 12.4. The molecule has 0 spiro atoms. The van der Waals surface area contributed by atoms with Crippen LogP contribution in [0.15, 0.2) is 0 Å². The molecule has 0 radical (unpaired) electrons. The molecule has 7 heteroatoms. The van der Waals surface area contributed by atoms with Gasteiger partial charge in [-0.1, -0.05) is 64.7 Å². The molecule has 1 heterocycles. The summed E-state index contributed by atoms with van der Waals surface area (Å²) in [7, 11) is 3.32. The van der Waals surface area contributed by atoms with Gasteiger partial charge in [0.2, 0.25) is 0 Å². The monoisotopic (exact) mass is 573 g/mol. The number of halogens is 1. The van der Waals surface area contributed by atoms with Gasteiger partial charge in [0, 0.05) is 6.42 Å². The van der Waals surface area contributed by atoms with Crippen LogP contribution in [0.3, 0.4) is 0 Å². The van der Waals surface area contributed by atoms with Crippen LogP contribution in [0.5, 0.6) is 0 Å². The smallest absolute Gasteiger partial charge is 0.313 e. The average Bonchev–Trinajstić information content (AvgIpc) is 2.64. The number of sulfone groups is 1. The van der Waals surface area contributed by atoms with E-state index in [-0.39, 0.29) is 47.7 Å². The van der Waals surface area contributed by atoms with Crippen LogP contribution in [0.1, 0.15) is 96.8 Å². The van der Waals surface area contributed by atoms with Crippen molar-refractivity contribution in [1.29, 1.82) is 0 Å². The lowest BCUT2D eigenvalue weighted by molar-refractivity contribution is -0.870. The number of ether oxygens (including phenoxy) is 1. The molecule has 0 aromatic rings. The zero-order valence-electron chi connectivity index (χ0n) is 20.5. The van der Waals surface area contributed by atoms with E-state index >= 15 is 0 Å². The molecule has 186 valence electrons. The SMILES string of the molecule is CCCCCCCCCC[C@H]1C(=O)O[C@@H]1CCCCCS(=O)(=O)CCC[N+](C)(C)C.[I-]. The minimum absolute atomic E-state index is 0. The predicted octanol–water partition coefficient (Wildman–Crippen LogP) is 2.13. The van der Waals surface area contributed by atoms with E-state index in [9.17, 15) is 13.2 Å². The first-order valence-corrected chi connectivity index (χ1v) is 14.2. The van der Waals surface area contributed by atoms with Crippen LogP contribution in [0, 0.1) is 5.92 Å². The van der Waals surface area contributed by atoms with Crippen LogP contribution in [0.4, 0.5) is 0 Å². The van der Waals surface area contributed by atoms with Crippen LogP contribution in [-0.4, -0.2) is 64.2 Å². The van der Waals surface area contributed by atoms with E-state index in [2.05, 4.69) is 28.1 Å². The Morgan fingerprint density at radius 3 is 1.87 bits per heavy atom.